The summed E-state index contributed by atoms with van der Waals surface area (Å²) in [7, 11) is -4.14. The molecular weight excluding hydrogens is 310 g/mol. The highest BCUT2D eigenvalue weighted by molar-refractivity contribution is 7.84. The molecule has 0 fully saturated rings. The minimum atomic E-state index is -4.14. The van der Waals surface area contributed by atoms with Crippen LogP contribution in [0.1, 0.15) is 24.0 Å². The van der Waals surface area contributed by atoms with E-state index in [9.17, 15) is 18.3 Å². The fraction of sp³-hybridized carbons (Fsp3) is 0.357. The van der Waals surface area contributed by atoms with Crippen LogP contribution in [0.2, 0.25) is 0 Å². The van der Waals surface area contributed by atoms with Crippen LogP contribution in [0.3, 0.4) is 0 Å². The van der Waals surface area contributed by atoms with Gasteiger partial charge >= 0.3 is 15.9 Å². The van der Waals surface area contributed by atoms with Gasteiger partial charge in [-0.2, -0.15) is 13.6 Å². The smallest absolute Gasteiger partial charge is 0.380 e. The molecule has 1 aliphatic carbocycles. The number of fused-ring (bicyclic) bond motifs is 3. The maximum absolute atomic E-state index is 12.1. The molecule has 1 atom stereocenters. The van der Waals surface area contributed by atoms with E-state index >= 15 is 0 Å². The van der Waals surface area contributed by atoms with Crippen molar-refractivity contribution in [1.82, 2.24) is 0 Å². The van der Waals surface area contributed by atoms with Crippen LogP contribution in [0, 0.1) is 0 Å². The molecule has 8 heteroatoms. The fourth-order valence-corrected chi connectivity index (χ4v) is 3.15. The molecule has 0 spiro atoms. The second-order valence-corrected chi connectivity index (χ2v) is 6.46. The number of hydrogen-bond donors (Lipinski definition) is 2. The number of nitrogens with two attached hydrogens (primary N) is 1. The van der Waals surface area contributed by atoms with Gasteiger partial charge in [-0.1, -0.05) is 0 Å². The predicted octanol–water partition coefficient (Wildman–Crippen LogP) is 0.615. The molecule has 3 rings (SSSR count). The monoisotopic (exact) mass is 325 g/mol. The second kappa shape index (κ2) is 5.38. The Kier molecular flexibility index (Phi) is 3.67. The molecule has 1 aliphatic rings. The fourth-order valence-electron chi connectivity index (χ4n) is 2.77. The lowest BCUT2D eigenvalue weighted by Gasteiger charge is -2.09. The highest BCUT2D eigenvalue weighted by atomic mass is 32.2. The molecule has 0 amide bonds. The van der Waals surface area contributed by atoms with Gasteiger partial charge in [0, 0.05) is 17.0 Å². The van der Waals surface area contributed by atoms with E-state index < -0.39 is 22.0 Å². The zero-order valence-electron chi connectivity index (χ0n) is 11.6. The van der Waals surface area contributed by atoms with Gasteiger partial charge < -0.3 is 13.7 Å². The van der Waals surface area contributed by atoms with Crippen LogP contribution in [0.15, 0.2) is 27.4 Å². The lowest BCUT2D eigenvalue weighted by Crippen LogP contribution is -2.19. The lowest BCUT2D eigenvalue weighted by molar-refractivity contribution is 0.158. The Balaban J connectivity index is 2.15. The van der Waals surface area contributed by atoms with Gasteiger partial charge in [0.1, 0.15) is 11.3 Å². The quantitative estimate of drug-likeness (QED) is 0.617. The van der Waals surface area contributed by atoms with Crippen LogP contribution in [-0.2, 0) is 23.1 Å². The maximum Gasteiger partial charge on any atom is 0.380 e. The summed E-state index contributed by atoms with van der Waals surface area (Å²) in [6.07, 6.45) is 1.68. The summed E-state index contributed by atoms with van der Waals surface area (Å²) in [5.41, 5.74) is 1.18. The van der Waals surface area contributed by atoms with E-state index in [2.05, 4.69) is 4.18 Å². The molecule has 2 aromatic rings. The van der Waals surface area contributed by atoms with Gasteiger partial charge in [0.15, 0.2) is 0 Å². The summed E-state index contributed by atoms with van der Waals surface area (Å²) >= 11 is 0. The van der Waals surface area contributed by atoms with E-state index in [0.717, 1.165) is 5.56 Å². The topological polar surface area (TPSA) is 120 Å². The first kappa shape index (κ1) is 15.0. The van der Waals surface area contributed by atoms with Gasteiger partial charge in [0.2, 0.25) is 0 Å². The SMILES string of the molecule is NS(=O)(=O)Oc1ccc2c3c(c(=O)oc2c1)CCC(O)CC3. The Morgan fingerprint density at radius 1 is 1.23 bits per heavy atom. The van der Waals surface area contributed by atoms with Crippen molar-refractivity contribution >= 4 is 21.3 Å². The summed E-state index contributed by atoms with van der Waals surface area (Å²) in [4.78, 5) is 12.1. The first-order valence-electron chi connectivity index (χ1n) is 6.82. The summed E-state index contributed by atoms with van der Waals surface area (Å²) in [6, 6.07) is 4.41. The van der Waals surface area contributed by atoms with E-state index in [-0.39, 0.29) is 11.3 Å². The molecule has 1 unspecified atom stereocenters. The van der Waals surface area contributed by atoms with Crippen LogP contribution < -0.4 is 14.9 Å². The number of aliphatic hydroxyl groups excluding tert-OH is 1. The third-order valence-corrected chi connectivity index (χ3v) is 4.18. The van der Waals surface area contributed by atoms with E-state index in [0.29, 0.717) is 36.6 Å². The molecule has 22 heavy (non-hydrogen) atoms. The summed E-state index contributed by atoms with van der Waals surface area (Å²) in [5, 5.41) is 15.3. The van der Waals surface area contributed by atoms with E-state index in [1.165, 1.54) is 12.1 Å². The summed E-state index contributed by atoms with van der Waals surface area (Å²) in [5.74, 6) is -0.0215. The highest BCUT2D eigenvalue weighted by Crippen LogP contribution is 2.29. The molecule has 0 saturated heterocycles. The average molecular weight is 325 g/mol. The van der Waals surface area contributed by atoms with Crippen molar-refractivity contribution in [3.8, 4) is 5.75 Å². The molecule has 0 aliphatic heterocycles. The Morgan fingerprint density at radius 3 is 2.59 bits per heavy atom. The summed E-state index contributed by atoms with van der Waals surface area (Å²) in [6.45, 7) is 0. The molecule has 0 saturated carbocycles. The van der Waals surface area contributed by atoms with Gasteiger partial charge in [-0.3, -0.25) is 0 Å². The third kappa shape index (κ3) is 2.99. The Bertz CT molecular complexity index is 886. The average Bonchev–Trinajstić information content (AvgIpc) is 2.60. The standard InChI is InChI=1S/C14H15NO6S/c15-22(18,19)21-9-3-6-11-10-4-1-8(16)2-5-12(10)14(17)20-13(11)7-9/h3,6-8,16H,1-2,4-5H2,(H2,15,18,19). The van der Waals surface area contributed by atoms with Crippen molar-refractivity contribution in [2.24, 2.45) is 5.14 Å². The normalized spacial score (nSPS) is 18.7. The minimum Gasteiger partial charge on any atom is -0.422 e. The van der Waals surface area contributed by atoms with Crippen LogP contribution in [0.5, 0.6) is 5.75 Å². The van der Waals surface area contributed by atoms with Gasteiger partial charge in [0.25, 0.3) is 0 Å². The van der Waals surface area contributed by atoms with Crippen molar-refractivity contribution in [2.75, 3.05) is 0 Å². The van der Waals surface area contributed by atoms with Gasteiger partial charge in [-0.15, -0.1) is 0 Å². The van der Waals surface area contributed by atoms with Crippen molar-refractivity contribution < 1.29 is 22.1 Å². The molecule has 0 bridgehead atoms. The third-order valence-electron chi connectivity index (χ3n) is 3.76. The largest absolute Gasteiger partial charge is 0.422 e. The number of aryl methyl sites for hydroxylation is 1. The first-order valence-corrected chi connectivity index (χ1v) is 8.29. The Hall–Kier alpha value is -1.90. The molecule has 1 aromatic heterocycles. The van der Waals surface area contributed by atoms with Crippen LogP contribution in [-0.4, -0.2) is 19.6 Å². The number of aliphatic hydroxyl groups is 1. The molecule has 3 N–H and O–H groups in total. The van der Waals surface area contributed by atoms with Crippen molar-refractivity contribution in [2.45, 2.75) is 31.8 Å². The zero-order chi connectivity index (χ0) is 15.9. The molecule has 118 valence electrons. The van der Waals surface area contributed by atoms with Crippen molar-refractivity contribution in [1.29, 1.82) is 0 Å². The zero-order valence-corrected chi connectivity index (χ0v) is 12.4. The van der Waals surface area contributed by atoms with Gasteiger partial charge in [-0.25, -0.2) is 4.79 Å². The van der Waals surface area contributed by atoms with Gasteiger partial charge in [-0.05, 0) is 43.4 Å². The lowest BCUT2D eigenvalue weighted by atomic mass is 10.0. The number of rotatable bonds is 2. The minimum absolute atomic E-state index is 0.0215. The predicted molar refractivity (Wildman–Crippen MR) is 78.9 cm³/mol. The Morgan fingerprint density at radius 2 is 1.91 bits per heavy atom. The highest BCUT2D eigenvalue weighted by Gasteiger charge is 2.21. The van der Waals surface area contributed by atoms with Crippen molar-refractivity contribution in [3.63, 3.8) is 0 Å². The van der Waals surface area contributed by atoms with Crippen LogP contribution >= 0.6 is 0 Å². The molecule has 0 radical (unpaired) electrons. The Labute approximate surface area is 126 Å². The maximum atomic E-state index is 12.1. The molecule has 7 nitrogen and oxygen atoms in total. The molecular formula is C14H15NO6S. The van der Waals surface area contributed by atoms with Crippen molar-refractivity contribution in [3.05, 3.63) is 39.7 Å². The second-order valence-electron chi connectivity index (χ2n) is 5.31. The van der Waals surface area contributed by atoms with Gasteiger partial charge in [0.05, 0.1) is 6.10 Å². The molecule has 1 aromatic carbocycles. The first-order chi connectivity index (χ1) is 10.3. The number of hydrogen-bond acceptors (Lipinski definition) is 6. The number of benzene rings is 1. The van der Waals surface area contributed by atoms with E-state index in [1.54, 1.807) is 6.07 Å². The summed E-state index contributed by atoms with van der Waals surface area (Å²) < 4.78 is 31.7. The van der Waals surface area contributed by atoms with Crippen LogP contribution in [0.25, 0.3) is 11.0 Å². The van der Waals surface area contributed by atoms with Crippen LogP contribution in [0.4, 0.5) is 0 Å². The molecule has 1 heterocycles. The van der Waals surface area contributed by atoms with E-state index in [1.807, 2.05) is 0 Å². The van der Waals surface area contributed by atoms with E-state index in [4.69, 9.17) is 9.56 Å².